The summed E-state index contributed by atoms with van der Waals surface area (Å²) in [7, 11) is 0. The molecule has 0 radical (unpaired) electrons. The molecule has 0 saturated heterocycles. The van der Waals surface area contributed by atoms with Gasteiger partial charge in [0.2, 0.25) is 0 Å². The Hall–Kier alpha value is -5.94. The molecule has 47 heavy (non-hydrogen) atoms. The highest BCUT2D eigenvalue weighted by atomic mass is 19.4. The zero-order valence-electron chi connectivity index (χ0n) is 25.1. The lowest BCUT2D eigenvalue weighted by Gasteiger charge is -2.25. The number of fused-ring (bicyclic) bond motifs is 3. The maximum atomic E-state index is 13.7. The van der Waals surface area contributed by atoms with Crippen molar-refractivity contribution >= 4 is 49.5 Å². The van der Waals surface area contributed by atoms with Gasteiger partial charge >= 0.3 is 6.18 Å². The maximum Gasteiger partial charge on any atom is 0.433 e. The molecule has 0 bridgehead atoms. The van der Waals surface area contributed by atoms with Crippen LogP contribution in [-0.2, 0) is 6.18 Å². The summed E-state index contributed by atoms with van der Waals surface area (Å²) in [6.45, 7) is 0. The minimum atomic E-state index is -4.55. The van der Waals surface area contributed by atoms with Crippen LogP contribution in [0.3, 0.4) is 0 Å². The van der Waals surface area contributed by atoms with Gasteiger partial charge in [0.1, 0.15) is 11.5 Å². The molecule has 0 aliphatic heterocycles. The molecule has 0 N–H and O–H groups in total. The second-order valence-corrected chi connectivity index (χ2v) is 11.5. The van der Waals surface area contributed by atoms with Crippen LogP contribution in [0.2, 0.25) is 0 Å². The number of hydrogen-bond acceptors (Lipinski definition) is 2. The zero-order valence-corrected chi connectivity index (χ0v) is 25.1. The van der Waals surface area contributed by atoms with Gasteiger partial charge in [-0.3, -0.25) is 4.90 Å². The summed E-state index contributed by atoms with van der Waals surface area (Å²) in [5.41, 5.74) is 4.94. The first-order valence-electron chi connectivity index (χ1n) is 15.4. The Morgan fingerprint density at radius 2 is 0.936 bits per heavy atom. The van der Waals surface area contributed by atoms with Gasteiger partial charge in [-0.25, -0.2) is 4.98 Å². The number of halogens is 3. The number of alkyl halides is 3. The Labute approximate surface area is 270 Å². The van der Waals surface area contributed by atoms with Gasteiger partial charge in [-0.15, -0.1) is 0 Å². The number of rotatable bonds is 5. The van der Waals surface area contributed by atoms with Gasteiger partial charge in [0.25, 0.3) is 0 Å². The molecule has 0 spiro atoms. The molecule has 0 saturated carbocycles. The van der Waals surface area contributed by atoms with Crippen LogP contribution >= 0.6 is 0 Å². The Balaban J connectivity index is 1.30. The van der Waals surface area contributed by atoms with Crippen LogP contribution in [0.5, 0.6) is 0 Å². The predicted molar refractivity (Wildman–Crippen MR) is 187 cm³/mol. The fraction of sp³-hybridized carbons (Fsp3) is 0.0238. The second kappa shape index (κ2) is 11.5. The first-order valence-corrected chi connectivity index (χ1v) is 15.4. The highest BCUT2D eigenvalue weighted by Gasteiger charge is 2.33. The van der Waals surface area contributed by atoms with Gasteiger partial charge in [0.15, 0.2) is 0 Å². The van der Waals surface area contributed by atoms with Gasteiger partial charge < -0.3 is 0 Å². The summed E-state index contributed by atoms with van der Waals surface area (Å²) in [5.74, 6) is 0.189. The molecule has 8 aromatic rings. The number of benzene rings is 7. The first kappa shape index (κ1) is 28.5. The molecule has 0 aliphatic carbocycles. The van der Waals surface area contributed by atoms with Gasteiger partial charge in [-0.1, -0.05) is 121 Å². The number of aromatic nitrogens is 1. The number of hydrogen-bond donors (Lipinski definition) is 0. The third-order valence-electron chi connectivity index (χ3n) is 8.65. The topological polar surface area (TPSA) is 16.1 Å². The van der Waals surface area contributed by atoms with E-state index in [9.17, 15) is 13.2 Å². The fourth-order valence-corrected chi connectivity index (χ4v) is 6.57. The van der Waals surface area contributed by atoms with Crippen LogP contribution in [-0.4, -0.2) is 4.98 Å². The number of pyridine rings is 1. The smallest absolute Gasteiger partial charge is 0.295 e. The zero-order chi connectivity index (χ0) is 32.0. The van der Waals surface area contributed by atoms with E-state index in [-0.39, 0.29) is 5.82 Å². The molecular formula is C42H27F3N2. The quantitative estimate of drug-likeness (QED) is 0.179. The lowest BCUT2D eigenvalue weighted by atomic mass is 9.85. The minimum absolute atomic E-state index is 0.189. The molecule has 0 amide bonds. The second-order valence-electron chi connectivity index (χ2n) is 11.5. The van der Waals surface area contributed by atoms with Crippen molar-refractivity contribution in [2.24, 2.45) is 0 Å². The lowest BCUT2D eigenvalue weighted by Crippen LogP contribution is -2.15. The van der Waals surface area contributed by atoms with Crippen molar-refractivity contribution in [2.75, 3.05) is 4.90 Å². The fourth-order valence-electron chi connectivity index (χ4n) is 6.57. The molecule has 5 heteroatoms. The van der Waals surface area contributed by atoms with Crippen molar-refractivity contribution in [3.63, 3.8) is 0 Å². The summed E-state index contributed by atoms with van der Waals surface area (Å²) in [4.78, 5) is 5.77. The third kappa shape index (κ3) is 5.16. The van der Waals surface area contributed by atoms with Crippen LogP contribution < -0.4 is 4.90 Å². The normalized spacial score (nSPS) is 11.7. The van der Waals surface area contributed by atoms with Crippen molar-refractivity contribution in [2.45, 2.75) is 6.18 Å². The molecule has 1 heterocycles. The largest absolute Gasteiger partial charge is 0.433 e. The Morgan fingerprint density at radius 3 is 1.55 bits per heavy atom. The standard InChI is InChI=1S/C42H27F3N2/c43-42(44,45)38-19-10-20-39(46-38)47(32-13-2-1-3-14-32)33-25-23-29(24-26-33)40-34-15-6-8-17-36(34)41(37-18-9-7-16-35(37)40)31-22-21-28-11-4-5-12-30(28)27-31/h1-27H. The van der Waals surface area contributed by atoms with Crippen molar-refractivity contribution in [1.29, 1.82) is 0 Å². The SMILES string of the molecule is FC(F)(F)c1cccc(N(c2ccccc2)c2ccc(-c3c4ccccc4c(-c4ccc5ccccc5c4)c4ccccc34)cc2)n1. The van der Waals surface area contributed by atoms with E-state index in [4.69, 9.17) is 0 Å². The average Bonchev–Trinajstić information content (AvgIpc) is 3.11. The molecule has 1 aromatic heterocycles. The van der Waals surface area contributed by atoms with Crippen molar-refractivity contribution in [1.82, 2.24) is 4.98 Å². The van der Waals surface area contributed by atoms with E-state index in [1.54, 1.807) is 11.0 Å². The molecule has 2 nitrogen and oxygen atoms in total. The van der Waals surface area contributed by atoms with E-state index in [1.807, 2.05) is 54.6 Å². The number of nitrogens with zero attached hydrogens (tertiary/aromatic N) is 2. The Kier molecular flexibility index (Phi) is 6.95. The monoisotopic (exact) mass is 616 g/mol. The van der Waals surface area contributed by atoms with E-state index in [0.29, 0.717) is 11.4 Å². The van der Waals surface area contributed by atoms with E-state index >= 15 is 0 Å². The van der Waals surface area contributed by atoms with Gasteiger partial charge in [-0.2, -0.15) is 13.2 Å². The van der Waals surface area contributed by atoms with E-state index in [0.717, 1.165) is 44.3 Å². The summed E-state index contributed by atoms with van der Waals surface area (Å²) in [6, 6.07) is 53.3. The predicted octanol–water partition coefficient (Wildman–Crippen LogP) is 12.4. The van der Waals surface area contributed by atoms with E-state index in [1.165, 1.54) is 22.4 Å². The molecule has 0 aliphatic rings. The highest BCUT2D eigenvalue weighted by Crippen LogP contribution is 2.45. The molecular weight excluding hydrogens is 589 g/mol. The van der Waals surface area contributed by atoms with Gasteiger partial charge in [0, 0.05) is 11.4 Å². The summed E-state index contributed by atoms with van der Waals surface area (Å²) < 4.78 is 41.0. The molecule has 7 aromatic carbocycles. The summed E-state index contributed by atoms with van der Waals surface area (Å²) >= 11 is 0. The van der Waals surface area contributed by atoms with E-state index in [2.05, 4.69) is 96.0 Å². The third-order valence-corrected chi connectivity index (χ3v) is 8.65. The number of anilines is 3. The lowest BCUT2D eigenvalue weighted by molar-refractivity contribution is -0.141. The van der Waals surface area contributed by atoms with E-state index < -0.39 is 11.9 Å². The van der Waals surface area contributed by atoms with Crippen molar-refractivity contribution < 1.29 is 13.2 Å². The minimum Gasteiger partial charge on any atom is -0.295 e. The average molecular weight is 617 g/mol. The van der Waals surface area contributed by atoms with Crippen LogP contribution in [0.15, 0.2) is 164 Å². The van der Waals surface area contributed by atoms with Crippen molar-refractivity contribution in [3.05, 3.63) is 169 Å². The molecule has 0 fully saturated rings. The highest BCUT2D eigenvalue weighted by molar-refractivity contribution is 6.21. The Morgan fingerprint density at radius 1 is 0.426 bits per heavy atom. The molecule has 0 unspecified atom stereocenters. The molecule has 226 valence electrons. The maximum absolute atomic E-state index is 13.7. The molecule has 0 atom stereocenters. The summed E-state index contributed by atoms with van der Waals surface area (Å²) in [5, 5.41) is 6.95. The number of para-hydroxylation sites is 1. The van der Waals surface area contributed by atoms with Gasteiger partial charge in [-0.05, 0) is 97.0 Å². The summed E-state index contributed by atoms with van der Waals surface area (Å²) in [6.07, 6.45) is -4.55. The van der Waals surface area contributed by atoms with Crippen LogP contribution in [0.25, 0.3) is 54.6 Å². The molecule has 8 rings (SSSR count). The Bertz CT molecular complexity index is 2340. The first-order chi connectivity index (χ1) is 23.0. The van der Waals surface area contributed by atoms with Crippen LogP contribution in [0.1, 0.15) is 5.69 Å². The van der Waals surface area contributed by atoms with Crippen molar-refractivity contribution in [3.8, 4) is 22.3 Å². The van der Waals surface area contributed by atoms with Gasteiger partial charge in [0.05, 0.1) is 0 Å². The van der Waals surface area contributed by atoms with Crippen LogP contribution in [0.4, 0.5) is 30.4 Å². The van der Waals surface area contributed by atoms with Crippen LogP contribution in [0, 0.1) is 0 Å².